The molecule has 0 bridgehead atoms. The average Bonchev–Trinajstić information content (AvgIpc) is 2.41. The molecule has 3 heteroatoms. The predicted octanol–water partition coefficient (Wildman–Crippen LogP) is -0.426. The Morgan fingerprint density at radius 3 is 2.73 bits per heavy atom. The standard InChI is InChI=1S/C8H14N2O/c1-9-4-3-6-8(9)7(11)5-10(6)2/h6,8H,3-5H2,1-2H3. The van der Waals surface area contributed by atoms with E-state index < -0.39 is 0 Å². The van der Waals surface area contributed by atoms with Gasteiger partial charge in [-0.25, -0.2) is 0 Å². The molecule has 0 aromatic carbocycles. The summed E-state index contributed by atoms with van der Waals surface area (Å²) in [6, 6.07) is 0.715. The summed E-state index contributed by atoms with van der Waals surface area (Å²) in [5.41, 5.74) is 0. The highest BCUT2D eigenvalue weighted by atomic mass is 16.1. The summed E-state index contributed by atoms with van der Waals surface area (Å²) in [7, 11) is 4.09. The second-order valence-corrected chi connectivity index (χ2v) is 3.66. The van der Waals surface area contributed by atoms with Crippen molar-refractivity contribution < 1.29 is 4.79 Å². The molecule has 0 amide bonds. The number of ketones is 1. The van der Waals surface area contributed by atoms with Gasteiger partial charge in [-0.1, -0.05) is 0 Å². The molecule has 62 valence electrons. The van der Waals surface area contributed by atoms with E-state index in [2.05, 4.69) is 9.80 Å². The molecule has 0 aromatic heterocycles. The fourth-order valence-corrected chi connectivity index (χ4v) is 2.31. The van der Waals surface area contributed by atoms with Crippen LogP contribution in [0.25, 0.3) is 0 Å². The van der Waals surface area contributed by atoms with Crippen LogP contribution in [0.5, 0.6) is 0 Å². The number of rotatable bonds is 0. The van der Waals surface area contributed by atoms with Crippen LogP contribution in [0.1, 0.15) is 6.42 Å². The molecule has 2 aliphatic heterocycles. The Morgan fingerprint density at radius 2 is 2.09 bits per heavy atom. The van der Waals surface area contributed by atoms with Crippen molar-refractivity contribution in [3.63, 3.8) is 0 Å². The Bertz CT molecular complexity index is 193. The second kappa shape index (κ2) is 2.29. The van der Waals surface area contributed by atoms with Crippen molar-refractivity contribution in [1.82, 2.24) is 9.80 Å². The first-order valence-electron chi connectivity index (χ1n) is 4.13. The van der Waals surface area contributed by atoms with Crippen LogP contribution in [0.15, 0.2) is 0 Å². The molecule has 2 aliphatic rings. The third-order valence-electron chi connectivity index (χ3n) is 2.92. The highest BCUT2D eigenvalue weighted by Crippen LogP contribution is 2.26. The van der Waals surface area contributed by atoms with Gasteiger partial charge in [0.15, 0.2) is 5.78 Å². The number of likely N-dealkylation sites (tertiary alicyclic amines) is 2. The summed E-state index contributed by atoms with van der Waals surface area (Å²) in [5.74, 6) is 0.400. The van der Waals surface area contributed by atoms with Crippen LogP contribution in [-0.2, 0) is 4.79 Å². The summed E-state index contributed by atoms with van der Waals surface area (Å²) >= 11 is 0. The lowest BCUT2D eigenvalue weighted by molar-refractivity contribution is -0.120. The van der Waals surface area contributed by atoms with Crippen LogP contribution >= 0.6 is 0 Å². The van der Waals surface area contributed by atoms with E-state index in [9.17, 15) is 4.79 Å². The molecule has 0 radical (unpaired) electrons. The molecule has 0 aromatic rings. The molecule has 0 N–H and O–H groups in total. The molecule has 2 rings (SSSR count). The number of fused-ring (bicyclic) bond motifs is 1. The van der Waals surface area contributed by atoms with Crippen molar-refractivity contribution in [1.29, 1.82) is 0 Å². The van der Waals surface area contributed by atoms with Crippen LogP contribution in [0, 0.1) is 0 Å². The molecule has 0 spiro atoms. The van der Waals surface area contributed by atoms with E-state index in [-0.39, 0.29) is 6.04 Å². The Balaban J connectivity index is 2.22. The number of hydrogen-bond donors (Lipinski definition) is 0. The van der Waals surface area contributed by atoms with Gasteiger partial charge in [0, 0.05) is 12.6 Å². The van der Waals surface area contributed by atoms with E-state index >= 15 is 0 Å². The molecule has 2 saturated heterocycles. The van der Waals surface area contributed by atoms with Gasteiger partial charge in [0.05, 0.1) is 12.6 Å². The molecule has 2 heterocycles. The van der Waals surface area contributed by atoms with Gasteiger partial charge in [0.25, 0.3) is 0 Å². The number of likely N-dealkylation sites (N-methyl/N-ethyl adjacent to an activating group) is 2. The molecule has 3 nitrogen and oxygen atoms in total. The van der Waals surface area contributed by atoms with Crippen LogP contribution in [-0.4, -0.2) is 54.9 Å². The average molecular weight is 154 g/mol. The fraction of sp³-hybridized carbons (Fsp3) is 0.875. The quantitative estimate of drug-likeness (QED) is 0.473. The van der Waals surface area contributed by atoms with Crippen LogP contribution < -0.4 is 0 Å². The zero-order valence-corrected chi connectivity index (χ0v) is 7.08. The maximum absolute atomic E-state index is 11.4. The van der Waals surface area contributed by atoms with Gasteiger partial charge in [0.2, 0.25) is 0 Å². The minimum absolute atomic E-state index is 0.208. The number of hydrogen-bond acceptors (Lipinski definition) is 3. The molecular formula is C8H14N2O. The summed E-state index contributed by atoms with van der Waals surface area (Å²) in [4.78, 5) is 15.7. The van der Waals surface area contributed by atoms with E-state index in [1.807, 2.05) is 14.1 Å². The predicted molar refractivity (Wildman–Crippen MR) is 42.5 cm³/mol. The van der Waals surface area contributed by atoms with Crippen molar-refractivity contribution in [3.8, 4) is 0 Å². The third kappa shape index (κ3) is 0.914. The third-order valence-corrected chi connectivity index (χ3v) is 2.92. The molecule has 0 aliphatic carbocycles. The largest absolute Gasteiger partial charge is 0.296 e. The Kier molecular flexibility index (Phi) is 1.51. The lowest BCUT2D eigenvalue weighted by Crippen LogP contribution is -2.36. The number of carbonyl (C=O) groups is 1. The first kappa shape index (κ1) is 7.25. The maximum atomic E-state index is 11.4. The highest BCUT2D eigenvalue weighted by molar-refractivity contribution is 5.89. The molecule has 0 saturated carbocycles. The zero-order valence-electron chi connectivity index (χ0n) is 7.08. The van der Waals surface area contributed by atoms with E-state index in [0.717, 1.165) is 13.0 Å². The van der Waals surface area contributed by atoms with E-state index in [4.69, 9.17) is 0 Å². The summed E-state index contributed by atoms with van der Waals surface area (Å²) in [6.45, 7) is 1.73. The van der Waals surface area contributed by atoms with E-state index in [1.54, 1.807) is 0 Å². The Hall–Kier alpha value is -0.410. The maximum Gasteiger partial charge on any atom is 0.165 e. The molecule has 2 atom stereocenters. The fourth-order valence-electron chi connectivity index (χ4n) is 2.31. The minimum atomic E-state index is 0.208. The SMILES string of the molecule is CN1CC(=O)C2C1CCN2C. The zero-order chi connectivity index (χ0) is 8.01. The van der Waals surface area contributed by atoms with Gasteiger partial charge in [0.1, 0.15) is 0 Å². The van der Waals surface area contributed by atoms with Gasteiger partial charge < -0.3 is 0 Å². The Labute approximate surface area is 67.0 Å². The molecular weight excluding hydrogens is 140 g/mol. The van der Waals surface area contributed by atoms with Gasteiger partial charge >= 0.3 is 0 Å². The Morgan fingerprint density at radius 1 is 1.36 bits per heavy atom. The first-order valence-corrected chi connectivity index (χ1v) is 4.13. The van der Waals surface area contributed by atoms with Crippen molar-refractivity contribution in [2.24, 2.45) is 0 Å². The van der Waals surface area contributed by atoms with E-state index in [0.29, 0.717) is 18.4 Å². The number of nitrogens with zero attached hydrogens (tertiary/aromatic N) is 2. The van der Waals surface area contributed by atoms with E-state index in [1.165, 1.54) is 0 Å². The van der Waals surface area contributed by atoms with Gasteiger partial charge in [-0.3, -0.25) is 14.6 Å². The van der Waals surface area contributed by atoms with Crippen LogP contribution in [0.4, 0.5) is 0 Å². The minimum Gasteiger partial charge on any atom is -0.296 e. The molecule has 2 fully saturated rings. The normalized spacial score (nSPS) is 40.0. The van der Waals surface area contributed by atoms with Gasteiger partial charge in [-0.05, 0) is 20.5 Å². The van der Waals surface area contributed by atoms with Crippen LogP contribution in [0.3, 0.4) is 0 Å². The van der Waals surface area contributed by atoms with Crippen molar-refractivity contribution in [2.45, 2.75) is 18.5 Å². The summed E-state index contributed by atoms with van der Waals surface area (Å²) in [6.07, 6.45) is 1.16. The van der Waals surface area contributed by atoms with Crippen molar-refractivity contribution >= 4 is 5.78 Å². The van der Waals surface area contributed by atoms with Gasteiger partial charge in [-0.15, -0.1) is 0 Å². The molecule has 11 heavy (non-hydrogen) atoms. The molecule has 2 unspecified atom stereocenters. The monoisotopic (exact) mass is 154 g/mol. The summed E-state index contributed by atoms with van der Waals surface area (Å²) < 4.78 is 0. The number of carbonyl (C=O) groups excluding carboxylic acids is 1. The smallest absolute Gasteiger partial charge is 0.165 e. The highest BCUT2D eigenvalue weighted by Gasteiger charge is 2.44. The first-order chi connectivity index (χ1) is 5.20. The summed E-state index contributed by atoms with van der Waals surface area (Å²) in [5, 5.41) is 0. The van der Waals surface area contributed by atoms with Crippen LogP contribution in [0.2, 0.25) is 0 Å². The second-order valence-electron chi connectivity index (χ2n) is 3.66. The lowest BCUT2D eigenvalue weighted by atomic mass is 10.1. The van der Waals surface area contributed by atoms with Crippen molar-refractivity contribution in [2.75, 3.05) is 27.2 Å². The number of Topliss-reactive ketones (excluding diaryl/α,β-unsaturated/α-hetero) is 1. The lowest BCUT2D eigenvalue weighted by Gasteiger charge is -2.17. The van der Waals surface area contributed by atoms with Crippen molar-refractivity contribution in [3.05, 3.63) is 0 Å². The van der Waals surface area contributed by atoms with Gasteiger partial charge in [-0.2, -0.15) is 0 Å². The topological polar surface area (TPSA) is 23.6 Å².